The molecule has 2 N–H and O–H groups in total. The third-order valence-corrected chi connectivity index (χ3v) is 5.81. The Hall–Kier alpha value is -1.88. The molecule has 0 aliphatic heterocycles. The highest BCUT2D eigenvalue weighted by Crippen LogP contribution is 2.13. The van der Waals surface area contributed by atoms with Gasteiger partial charge in [-0.1, -0.05) is 90.4 Å². The van der Waals surface area contributed by atoms with Crippen molar-refractivity contribution in [1.29, 1.82) is 0 Å². The van der Waals surface area contributed by atoms with Crippen LogP contribution < -0.4 is 10.6 Å². The van der Waals surface area contributed by atoms with Crippen molar-refractivity contribution in [1.82, 2.24) is 10.2 Å². The molecule has 0 fully saturated rings. The molecule has 182 valence electrons. The summed E-state index contributed by atoms with van der Waals surface area (Å²) < 4.78 is 0. The van der Waals surface area contributed by atoms with Gasteiger partial charge < -0.3 is 15.5 Å². The van der Waals surface area contributed by atoms with Gasteiger partial charge in [0.2, 0.25) is 5.91 Å². The Bertz CT molecular complexity index is 614. The minimum Gasteiger partial charge on any atom is -0.345 e. The monoisotopic (exact) mass is 445 g/mol. The minimum atomic E-state index is -0.0537. The first-order valence-corrected chi connectivity index (χ1v) is 12.9. The number of hydrogen-bond acceptors (Lipinski definition) is 3. The summed E-state index contributed by atoms with van der Waals surface area (Å²) >= 11 is 0. The quantitative estimate of drug-likeness (QED) is 0.242. The van der Waals surface area contributed by atoms with Crippen LogP contribution in [-0.4, -0.2) is 43.9 Å². The molecule has 0 spiro atoms. The maximum atomic E-state index is 12.0. The third kappa shape index (κ3) is 14.2. The van der Waals surface area contributed by atoms with Crippen molar-refractivity contribution in [2.24, 2.45) is 0 Å². The predicted molar refractivity (Wildman–Crippen MR) is 136 cm³/mol. The number of benzene rings is 1. The van der Waals surface area contributed by atoms with Gasteiger partial charge in [-0.2, -0.15) is 0 Å². The maximum absolute atomic E-state index is 12.0. The fourth-order valence-corrected chi connectivity index (χ4v) is 3.81. The molecular weight excluding hydrogens is 398 g/mol. The Morgan fingerprint density at radius 1 is 0.719 bits per heavy atom. The van der Waals surface area contributed by atoms with E-state index in [0.717, 1.165) is 13.0 Å². The largest absolute Gasteiger partial charge is 0.345 e. The molecule has 32 heavy (non-hydrogen) atoms. The molecular formula is C27H47N3O2. The van der Waals surface area contributed by atoms with Gasteiger partial charge in [0, 0.05) is 25.3 Å². The van der Waals surface area contributed by atoms with Gasteiger partial charge in [0.25, 0.3) is 5.91 Å². The van der Waals surface area contributed by atoms with E-state index in [2.05, 4.69) is 17.6 Å². The van der Waals surface area contributed by atoms with Gasteiger partial charge in [-0.25, -0.2) is 0 Å². The van der Waals surface area contributed by atoms with Crippen molar-refractivity contribution < 1.29 is 9.59 Å². The zero-order valence-corrected chi connectivity index (χ0v) is 20.9. The van der Waals surface area contributed by atoms with Crippen LogP contribution in [0.1, 0.15) is 107 Å². The molecule has 0 aliphatic carbocycles. The van der Waals surface area contributed by atoms with Gasteiger partial charge in [0.05, 0.1) is 6.54 Å². The van der Waals surface area contributed by atoms with E-state index in [-0.39, 0.29) is 11.8 Å². The number of nitrogens with one attached hydrogen (secondary N) is 2. The molecule has 2 amide bonds. The van der Waals surface area contributed by atoms with Crippen LogP contribution in [0.2, 0.25) is 0 Å². The lowest BCUT2D eigenvalue weighted by Crippen LogP contribution is -2.28. The third-order valence-electron chi connectivity index (χ3n) is 5.81. The van der Waals surface area contributed by atoms with Crippen LogP contribution in [0.25, 0.3) is 0 Å². The van der Waals surface area contributed by atoms with Crippen LogP contribution in [-0.2, 0) is 4.79 Å². The molecule has 0 aliphatic rings. The van der Waals surface area contributed by atoms with Gasteiger partial charge in [-0.05, 0) is 37.2 Å². The van der Waals surface area contributed by atoms with E-state index in [1.807, 2.05) is 0 Å². The first-order chi connectivity index (χ1) is 15.5. The average molecular weight is 446 g/mol. The van der Waals surface area contributed by atoms with E-state index in [4.69, 9.17) is 0 Å². The van der Waals surface area contributed by atoms with Gasteiger partial charge in [-0.15, -0.1) is 0 Å². The Kier molecular flexibility index (Phi) is 16.4. The summed E-state index contributed by atoms with van der Waals surface area (Å²) in [6.45, 7) is 3.47. The fourth-order valence-electron chi connectivity index (χ4n) is 3.81. The van der Waals surface area contributed by atoms with Crippen LogP contribution in [0.15, 0.2) is 24.3 Å². The summed E-state index contributed by atoms with van der Waals surface area (Å²) in [7, 11) is 3.45. The van der Waals surface area contributed by atoms with Crippen molar-refractivity contribution in [2.45, 2.75) is 96.8 Å². The molecule has 1 aromatic rings. The number of nitrogens with zero attached hydrogens (tertiary/aromatic N) is 1. The zero-order valence-electron chi connectivity index (χ0n) is 20.9. The highest BCUT2D eigenvalue weighted by Gasteiger charge is 2.08. The highest BCUT2D eigenvalue weighted by molar-refractivity contribution is 5.95. The lowest BCUT2D eigenvalue weighted by molar-refractivity contribution is -0.115. The smallest absolute Gasteiger partial charge is 0.253 e. The number of anilines is 1. The van der Waals surface area contributed by atoms with Crippen molar-refractivity contribution in [2.75, 3.05) is 32.5 Å². The molecule has 0 bridgehead atoms. The van der Waals surface area contributed by atoms with Crippen LogP contribution in [0.5, 0.6) is 0 Å². The Balaban J connectivity index is 1.92. The molecule has 1 rings (SSSR count). The first kappa shape index (κ1) is 28.2. The van der Waals surface area contributed by atoms with Crippen molar-refractivity contribution in [3.63, 3.8) is 0 Å². The Labute approximate surface area is 196 Å². The zero-order chi connectivity index (χ0) is 23.4. The van der Waals surface area contributed by atoms with Crippen molar-refractivity contribution in [3.8, 4) is 0 Å². The number of carbonyl (C=O) groups is 2. The predicted octanol–water partition coefficient (Wildman–Crippen LogP) is 6.40. The highest BCUT2D eigenvalue weighted by atomic mass is 16.2. The summed E-state index contributed by atoms with van der Waals surface area (Å²) in [4.78, 5) is 25.5. The van der Waals surface area contributed by atoms with E-state index in [9.17, 15) is 9.59 Å². The normalized spacial score (nSPS) is 10.8. The van der Waals surface area contributed by atoms with Crippen molar-refractivity contribution in [3.05, 3.63) is 29.8 Å². The summed E-state index contributed by atoms with van der Waals surface area (Å²) in [5, 5.41) is 6.08. The topological polar surface area (TPSA) is 61.4 Å². The molecule has 0 aromatic heterocycles. The SMILES string of the molecule is CCCCCCCCCCCCCCCCNCC(=O)Nc1ccc(C(=O)N(C)C)cc1. The Morgan fingerprint density at radius 3 is 1.66 bits per heavy atom. The summed E-state index contributed by atoms with van der Waals surface area (Å²) in [6.07, 6.45) is 19.0. The molecule has 5 nitrogen and oxygen atoms in total. The van der Waals surface area contributed by atoms with Gasteiger partial charge in [-0.3, -0.25) is 9.59 Å². The number of unbranched alkanes of at least 4 members (excludes halogenated alkanes) is 13. The maximum Gasteiger partial charge on any atom is 0.253 e. The van der Waals surface area contributed by atoms with E-state index in [0.29, 0.717) is 17.8 Å². The lowest BCUT2D eigenvalue weighted by Gasteiger charge is -2.11. The summed E-state index contributed by atoms with van der Waals surface area (Å²) in [5.41, 5.74) is 1.33. The number of hydrogen-bond donors (Lipinski definition) is 2. The first-order valence-electron chi connectivity index (χ1n) is 12.9. The van der Waals surface area contributed by atoms with Crippen LogP contribution in [0.4, 0.5) is 5.69 Å². The molecule has 0 unspecified atom stereocenters. The summed E-state index contributed by atoms with van der Waals surface area (Å²) in [6, 6.07) is 7.00. The second-order valence-electron chi connectivity index (χ2n) is 9.10. The van der Waals surface area contributed by atoms with Gasteiger partial charge in [0.1, 0.15) is 0 Å². The van der Waals surface area contributed by atoms with Crippen LogP contribution in [0, 0.1) is 0 Å². The van der Waals surface area contributed by atoms with E-state index >= 15 is 0 Å². The standard InChI is InChI=1S/C27H47N3O2/c1-4-5-6-7-8-9-10-11-12-13-14-15-16-17-22-28-23-26(31)29-25-20-18-24(19-21-25)27(32)30(2)3/h18-21,28H,4-17,22-23H2,1-3H3,(H,29,31). The van der Waals surface area contributed by atoms with Crippen molar-refractivity contribution >= 4 is 17.5 Å². The number of rotatable bonds is 19. The second kappa shape index (κ2) is 18.7. The molecule has 0 saturated heterocycles. The fraction of sp³-hybridized carbons (Fsp3) is 0.704. The van der Waals surface area contributed by atoms with E-state index < -0.39 is 0 Å². The molecule has 0 heterocycles. The molecule has 0 saturated carbocycles. The minimum absolute atomic E-state index is 0.0438. The number of carbonyl (C=O) groups excluding carboxylic acids is 2. The molecule has 0 atom stereocenters. The van der Waals surface area contributed by atoms with Crippen LogP contribution in [0.3, 0.4) is 0 Å². The molecule has 5 heteroatoms. The second-order valence-corrected chi connectivity index (χ2v) is 9.10. The lowest BCUT2D eigenvalue weighted by atomic mass is 10.0. The van der Waals surface area contributed by atoms with Crippen LogP contribution >= 0.6 is 0 Å². The molecule has 0 radical (unpaired) electrons. The Morgan fingerprint density at radius 2 is 1.19 bits per heavy atom. The van der Waals surface area contributed by atoms with E-state index in [1.54, 1.807) is 38.4 Å². The average Bonchev–Trinajstić information content (AvgIpc) is 2.78. The van der Waals surface area contributed by atoms with Gasteiger partial charge >= 0.3 is 0 Å². The van der Waals surface area contributed by atoms with E-state index in [1.165, 1.54) is 88.4 Å². The van der Waals surface area contributed by atoms with Gasteiger partial charge in [0.15, 0.2) is 0 Å². The summed E-state index contributed by atoms with van der Waals surface area (Å²) in [5.74, 6) is -0.0974. The molecule has 1 aromatic carbocycles. The number of amides is 2.